The van der Waals surface area contributed by atoms with Crippen LogP contribution in [0.15, 0.2) is 18.2 Å². The van der Waals surface area contributed by atoms with Crippen LogP contribution < -0.4 is 10.1 Å². The van der Waals surface area contributed by atoms with Crippen LogP contribution in [0.25, 0.3) is 0 Å². The van der Waals surface area contributed by atoms with E-state index in [0.29, 0.717) is 0 Å². The highest BCUT2D eigenvalue weighted by Crippen LogP contribution is 2.28. The normalized spacial score (nSPS) is 17.3. The molecule has 0 saturated carbocycles. The van der Waals surface area contributed by atoms with E-state index >= 15 is 0 Å². The number of benzene rings is 1. The Morgan fingerprint density at radius 2 is 2.32 bits per heavy atom. The minimum absolute atomic E-state index is 0.104. The topological polar surface area (TPSA) is 30.5 Å². The fourth-order valence-electron chi connectivity index (χ4n) is 2.16. The average molecular weight is 267 g/mol. The van der Waals surface area contributed by atoms with Gasteiger partial charge in [-0.1, -0.05) is 13.3 Å². The van der Waals surface area contributed by atoms with Gasteiger partial charge in [0.15, 0.2) is 0 Å². The van der Waals surface area contributed by atoms with E-state index < -0.39 is 0 Å². The van der Waals surface area contributed by atoms with Gasteiger partial charge in [-0.15, -0.1) is 0 Å². The molecule has 1 aliphatic heterocycles. The lowest BCUT2D eigenvalue weighted by Crippen LogP contribution is -2.32. The first kappa shape index (κ1) is 14.3. The predicted octanol–water partition coefficient (Wildman–Crippen LogP) is 2.54. The number of ether oxygens (including phenoxy) is 2. The van der Waals surface area contributed by atoms with E-state index in [1.807, 2.05) is 0 Å². The van der Waals surface area contributed by atoms with E-state index in [2.05, 4.69) is 12.2 Å². The molecule has 106 valence electrons. The third kappa shape index (κ3) is 4.48. The van der Waals surface area contributed by atoms with Gasteiger partial charge < -0.3 is 14.8 Å². The largest absolute Gasteiger partial charge is 0.488 e. The van der Waals surface area contributed by atoms with Gasteiger partial charge in [-0.3, -0.25) is 0 Å². The van der Waals surface area contributed by atoms with Gasteiger partial charge >= 0.3 is 0 Å². The quantitative estimate of drug-likeness (QED) is 0.734. The van der Waals surface area contributed by atoms with Gasteiger partial charge in [0, 0.05) is 31.7 Å². The minimum atomic E-state index is -0.194. The molecule has 0 aliphatic carbocycles. The number of fused-ring (bicyclic) bond motifs is 1. The van der Waals surface area contributed by atoms with Gasteiger partial charge in [0.1, 0.15) is 17.7 Å². The molecule has 0 fully saturated rings. The molecule has 0 bridgehead atoms. The molecule has 0 saturated heterocycles. The van der Waals surface area contributed by atoms with Crippen molar-refractivity contribution in [2.75, 3.05) is 26.3 Å². The number of nitrogens with one attached hydrogen (secondary N) is 1. The number of hydrogen-bond donors (Lipinski definition) is 1. The highest BCUT2D eigenvalue weighted by atomic mass is 19.1. The van der Waals surface area contributed by atoms with Crippen molar-refractivity contribution in [3.8, 4) is 5.75 Å². The molecule has 1 unspecified atom stereocenters. The summed E-state index contributed by atoms with van der Waals surface area (Å²) in [7, 11) is 0. The van der Waals surface area contributed by atoms with Crippen molar-refractivity contribution >= 4 is 0 Å². The lowest BCUT2D eigenvalue weighted by atomic mass is 10.1. The zero-order chi connectivity index (χ0) is 13.5. The smallest absolute Gasteiger partial charge is 0.123 e. The molecular weight excluding hydrogens is 245 g/mol. The summed E-state index contributed by atoms with van der Waals surface area (Å²) in [4.78, 5) is 0. The number of hydrogen-bond acceptors (Lipinski definition) is 3. The number of halogens is 1. The summed E-state index contributed by atoms with van der Waals surface area (Å²) in [6.07, 6.45) is 3.16. The van der Waals surface area contributed by atoms with Crippen molar-refractivity contribution in [3.05, 3.63) is 29.6 Å². The van der Waals surface area contributed by atoms with Crippen LogP contribution in [0.1, 0.15) is 25.3 Å². The lowest BCUT2D eigenvalue weighted by molar-refractivity contribution is 0.129. The van der Waals surface area contributed by atoms with Gasteiger partial charge in [-0.05, 0) is 24.6 Å². The van der Waals surface area contributed by atoms with Crippen LogP contribution in [0.4, 0.5) is 4.39 Å². The molecule has 1 N–H and O–H groups in total. The van der Waals surface area contributed by atoms with Crippen LogP contribution in [0.2, 0.25) is 0 Å². The molecule has 1 heterocycles. The third-order valence-electron chi connectivity index (χ3n) is 3.20. The number of rotatable bonds is 8. The Balaban J connectivity index is 1.59. The maximum Gasteiger partial charge on any atom is 0.123 e. The van der Waals surface area contributed by atoms with Crippen LogP contribution >= 0.6 is 0 Å². The first-order valence-electron chi connectivity index (χ1n) is 7.03. The van der Waals surface area contributed by atoms with Gasteiger partial charge in [0.05, 0.1) is 6.61 Å². The van der Waals surface area contributed by atoms with Crippen molar-refractivity contribution in [2.24, 2.45) is 0 Å². The Bertz CT molecular complexity index is 398. The molecule has 0 aromatic heterocycles. The van der Waals surface area contributed by atoms with Crippen LogP contribution in [-0.2, 0) is 11.2 Å². The zero-order valence-electron chi connectivity index (χ0n) is 11.5. The van der Waals surface area contributed by atoms with E-state index in [0.717, 1.165) is 56.9 Å². The van der Waals surface area contributed by atoms with Gasteiger partial charge in [0.2, 0.25) is 0 Å². The van der Waals surface area contributed by atoms with Crippen molar-refractivity contribution in [2.45, 2.75) is 32.3 Å². The van der Waals surface area contributed by atoms with Crippen LogP contribution in [0.5, 0.6) is 5.75 Å². The predicted molar refractivity (Wildman–Crippen MR) is 73.1 cm³/mol. The van der Waals surface area contributed by atoms with Crippen molar-refractivity contribution < 1.29 is 13.9 Å². The zero-order valence-corrected chi connectivity index (χ0v) is 11.5. The molecule has 1 aromatic rings. The monoisotopic (exact) mass is 267 g/mol. The molecule has 0 amide bonds. The van der Waals surface area contributed by atoms with Crippen molar-refractivity contribution in [1.82, 2.24) is 5.32 Å². The fourth-order valence-corrected chi connectivity index (χ4v) is 2.16. The molecule has 1 atom stereocenters. The number of unbranched alkanes of at least 4 members (excludes halogenated alkanes) is 1. The Morgan fingerprint density at radius 3 is 3.16 bits per heavy atom. The summed E-state index contributed by atoms with van der Waals surface area (Å²) in [6.45, 7) is 5.32. The summed E-state index contributed by atoms with van der Waals surface area (Å²) in [5.74, 6) is 0.618. The van der Waals surface area contributed by atoms with Gasteiger partial charge in [-0.25, -0.2) is 4.39 Å². The second-order valence-corrected chi connectivity index (χ2v) is 4.87. The Hall–Kier alpha value is -1.13. The van der Waals surface area contributed by atoms with Gasteiger partial charge in [-0.2, -0.15) is 0 Å². The molecule has 3 nitrogen and oxygen atoms in total. The summed E-state index contributed by atoms with van der Waals surface area (Å²) in [5, 5.41) is 3.31. The van der Waals surface area contributed by atoms with E-state index in [1.165, 1.54) is 6.07 Å². The van der Waals surface area contributed by atoms with Crippen molar-refractivity contribution in [1.29, 1.82) is 0 Å². The van der Waals surface area contributed by atoms with Crippen LogP contribution in [-0.4, -0.2) is 32.4 Å². The maximum absolute atomic E-state index is 13.1. The SMILES string of the molecule is CCCCOCCNCC1Cc2cc(F)ccc2O1. The van der Waals surface area contributed by atoms with Crippen LogP contribution in [0, 0.1) is 5.82 Å². The lowest BCUT2D eigenvalue weighted by Gasteiger charge is -2.11. The first-order valence-corrected chi connectivity index (χ1v) is 7.03. The second-order valence-electron chi connectivity index (χ2n) is 4.87. The van der Waals surface area contributed by atoms with E-state index in [4.69, 9.17) is 9.47 Å². The fraction of sp³-hybridized carbons (Fsp3) is 0.600. The second kappa shape index (κ2) is 7.46. The minimum Gasteiger partial charge on any atom is -0.488 e. The molecule has 19 heavy (non-hydrogen) atoms. The molecular formula is C15H22FNO2. The Labute approximate surface area is 114 Å². The van der Waals surface area contributed by atoms with E-state index in [-0.39, 0.29) is 11.9 Å². The van der Waals surface area contributed by atoms with Crippen molar-refractivity contribution in [3.63, 3.8) is 0 Å². The highest BCUT2D eigenvalue weighted by molar-refractivity contribution is 5.37. The molecule has 1 aromatic carbocycles. The van der Waals surface area contributed by atoms with E-state index in [1.54, 1.807) is 12.1 Å². The van der Waals surface area contributed by atoms with E-state index in [9.17, 15) is 4.39 Å². The molecule has 1 aliphatic rings. The van der Waals surface area contributed by atoms with Crippen LogP contribution in [0.3, 0.4) is 0 Å². The molecule has 4 heteroatoms. The standard InChI is InChI=1S/C15H22FNO2/c1-2-3-7-18-8-6-17-11-14-10-12-9-13(16)4-5-15(12)19-14/h4-5,9,14,17H,2-3,6-8,10-11H2,1H3. The maximum atomic E-state index is 13.1. The Kier molecular flexibility index (Phi) is 5.61. The van der Waals surface area contributed by atoms with Gasteiger partial charge in [0.25, 0.3) is 0 Å². The Morgan fingerprint density at radius 1 is 1.42 bits per heavy atom. The average Bonchev–Trinajstić information content (AvgIpc) is 2.79. The molecule has 2 rings (SSSR count). The highest BCUT2D eigenvalue weighted by Gasteiger charge is 2.22. The first-order chi connectivity index (χ1) is 9.29. The summed E-state index contributed by atoms with van der Waals surface area (Å²) in [6, 6.07) is 4.71. The third-order valence-corrected chi connectivity index (χ3v) is 3.20. The summed E-state index contributed by atoms with van der Waals surface area (Å²) >= 11 is 0. The molecule has 0 radical (unpaired) electrons. The molecule has 0 spiro atoms. The summed E-state index contributed by atoms with van der Waals surface area (Å²) < 4.78 is 24.3. The summed E-state index contributed by atoms with van der Waals surface area (Å²) in [5.41, 5.74) is 0.964.